The summed E-state index contributed by atoms with van der Waals surface area (Å²) in [6.45, 7) is 4.62. The number of rotatable bonds is 15. The van der Waals surface area contributed by atoms with Gasteiger partial charge in [-0.15, -0.1) is 0 Å². The van der Waals surface area contributed by atoms with Crippen molar-refractivity contribution in [2.24, 2.45) is 0 Å². The molecule has 0 aliphatic carbocycles. The second kappa shape index (κ2) is 13.6. The molecule has 0 saturated heterocycles. The van der Waals surface area contributed by atoms with Crippen LogP contribution in [0.3, 0.4) is 0 Å². The molecule has 27 heavy (non-hydrogen) atoms. The molecule has 0 fully saturated rings. The van der Waals surface area contributed by atoms with Gasteiger partial charge in [-0.25, -0.2) is 4.98 Å². The van der Waals surface area contributed by atoms with E-state index in [1.807, 2.05) is 18.7 Å². The Morgan fingerprint density at radius 3 is 2.04 bits per heavy atom. The Hall–Kier alpha value is -1.57. The maximum Gasteiger partial charge on any atom is 0.0991 e. The highest BCUT2D eigenvalue weighted by Gasteiger charge is 2.14. The molecule has 2 heteroatoms. The number of unbranched alkanes of at least 4 members (excludes halogenated alkanes) is 10. The van der Waals surface area contributed by atoms with Crippen molar-refractivity contribution in [3.63, 3.8) is 0 Å². The average Bonchev–Trinajstić information content (AvgIpc) is 3.24. The number of aromatic nitrogens is 2. The highest BCUT2D eigenvalue weighted by molar-refractivity contribution is 5.43. The minimum absolute atomic E-state index is 0.655. The molecule has 0 bridgehead atoms. The first-order chi connectivity index (χ1) is 13.4. The van der Waals surface area contributed by atoms with E-state index in [0.29, 0.717) is 5.92 Å². The first-order valence-electron chi connectivity index (χ1n) is 11.4. The van der Waals surface area contributed by atoms with Gasteiger partial charge in [-0.05, 0) is 30.4 Å². The second-order valence-corrected chi connectivity index (χ2v) is 7.96. The highest BCUT2D eigenvalue weighted by Crippen LogP contribution is 2.30. The molecule has 2 rings (SSSR count). The summed E-state index contributed by atoms with van der Waals surface area (Å²) in [5.41, 5.74) is 2.77. The van der Waals surface area contributed by atoms with Crippen LogP contribution in [-0.2, 0) is 0 Å². The van der Waals surface area contributed by atoms with Crippen LogP contribution in [-0.4, -0.2) is 9.55 Å². The van der Waals surface area contributed by atoms with E-state index in [9.17, 15) is 0 Å². The van der Waals surface area contributed by atoms with Crippen molar-refractivity contribution in [3.05, 3.63) is 48.5 Å². The molecular weight excluding hydrogens is 328 g/mol. The summed E-state index contributed by atoms with van der Waals surface area (Å²) in [7, 11) is 0. The molecule has 0 radical (unpaired) electrons. The molecule has 0 amide bonds. The molecular formula is C25H40N2. The number of benzene rings is 1. The van der Waals surface area contributed by atoms with Crippen LogP contribution >= 0.6 is 0 Å². The zero-order valence-corrected chi connectivity index (χ0v) is 17.7. The maximum absolute atomic E-state index is 4.22. The van der Waals surface area contributed by atoms with Crippen LogP contribution in [0.15, 0.2) is 43.0 Å². The Kier molecular flexibility index (Phi) is 10.9. The second-order valence-electron chi connectivity index (χ2n) is 7.96. The molecule has 2 aromatic rings. The maximum atomic E-state index is 4.22. The van der Waals surface area contributed by atoms with Gasteiger partial charge in [0, 0.05) is 18.1 Å². The minimum atomic E-state index is 0.655. The lowest BCUT2D eigenvalue weighted by Crippen LogP contribution is -2.04. The van der Waals surface area contributed by atoms with E-state index in [-0.39, 0.29) is 0 Å². The summed E-state index contributed by atoms with van der Waals surface area (Å²) in [5.74, 6) is 0.655. The molecule has 1 aromatic heterocycles. The summed E-state index contributed by atoms with van der Waals surface area (Å²) in [6, 6.07) is 8.84. The highest BCUT2D eigenvalue weighted by atomic mass is 15.0. The molecule has 0 saturated carbocycles. The van der Waals surface area contributed by atoms with E-state index in [1.165, 1.54) is 94.7 Å². The number of hydrogen-bond acceptors (Lipinski definition) is 1. The van der Waals surface area contributed by atoms with Crippen molar-refractivity contribution >= 4 is 0 Å². The van der Waals surface area contributed by atoms with Crippen LogP contribution in [0, 0.1) is 0 Å². The first kappa shape index (κ1) is 21.7. The van der Waals surface area contributed by atoms with E-state index in [4.69, 9.17) is 0 Å². The molecule has 1 aromatic carbocycles. The Morgan fingerprint density at radius 1 is 0.815 bits per heavy atom. The molecule has 150 valence electrons. The predicted molar refractivity (Wildman–Crippen MR) is 118 cm³/mol. The molecule has 1 heterocycles. The lowest BCUT2D eigenvalue weighted by molar-refractivity contribution is 0.515. The quantitative estimate of drug-likeness (QED) is 0.291. The normalized spacial score (nSPS) is 12.4. The third-order valence-corrected chi connectivity index (χ3v) is 5.81. The van der Waals surface area contributed by atoms with Crippen molar-refractivity contribution in [2.45, 2.75) is 103 Å². The molecule has 0 aliphatic rings. The summed E-state index contributed by atoms with van der Waals surface area (Å²) in [5, 5.41) is 0. The molecule has 2 nitrogen and oxygen atoms in total. The van der Waals surface area contributed by atoms with Gasteiger partial charge in [0.1, 0.15) is 0 Å². The van der Waals surface area contributed by atoms with Crippen molar-refractivity contribution in [3.8, 4) is 5.69 Å². The van der Waals surface area contributed by atoms with Gasteiger partial charge >= 0.3 is 0 Å². The lowest BCUT2D eigenvalue weighted by Gasteiger charge is -2.19. The van der Waals surface area contributed by atoms with Gasteiger partial charge < -0.3 is 4.57 Å². The SMILES string of the molecule is CCCCCCCCCCCCC[C@H](CC)c1ccccc1-n1ccnc1. The van der Waals surface area contributed by atoms with Gasteiger partial charge in [0.2, 0.25) is 0 Å². The third-order valence-electron chi connectivity index (χ3n) is 5.81. The number of nitrogens with zero attached hydrogens (tertiary/aromatic N) is 2. The van der Waals surface area contributed by atoms with Gasteiger partial charge in [-0.1, -0.05) is 103 Å². The standard InChI is InChI=1S/C25H40N2/c1-3-5-6-7-8-9-10-11-12-13-14-17-23(4-2)24-18-15-16-19-25(24)27-21-20-26-22-27/h15-16,18-23H,3-14,17H2,1-2H3/t23-/m0/s1. The Bertz CT molecular complexity index is 588. The van der Waals surface area contributed by atoms with Crippen LogP contribution in [0.1, 0.15) is 109 Å². The smallest absolute Gasteiger partial charge is 0.0991 e. The van der Waals surface area contributed by atoms with Gasteiger partial charge in [0.05, 0.1) is 6.33 Å². The Morgan fingerprint density at radius 2 is 1.44 bits per heavy atom. The van der Waals surface area contributed by atoms with E-state index in [1.54, 1.807) is 0 Å². The number of para-hydroxylation sites is 1. The summed E-state index contributed by atoms with van der Waals surface area (Å²) >= 11 is 0. The number of imidazole rings is 1. The molecule has 1 atom stereocenters. The summed E-state index contributed by atoms with van der Waals surface area (Å²) in [4.78, 5) is 4.22. The van der Waals surface area contributed by atoms with Crippen LogP contribution < -0.4 is 0 Å². The molecule has 0 N–H and O–H groups in total. The van der Waals surface area contributed by atoms with Crippen molar-refractivity contribution < 1.29 is 0 Å². The predicted octanol–water partition coefficient (Wildman–Crippen LogP) is 8.07. The largest absolute Gasteiger partial charge is 0.306 e. The topological polar surface area (TPSA) is 17.8 Å². The molecule has 0 spiro atoms. The first-order valence-corrected chi connectivity index (χ1v) is 11.4. The minimum Gasteiger partial charge on any atom is -0.306 e. The molecule has 0 aliphatic heterocycles. The van der Waals surface area contributed by atoms with Crippen molar-refractivity contribution in [2.75, 3.05) is 0 Å². The van der Waals surface area contributed by atoms with Crippen molar-refractivity contribution in [1.82, 2.24) is 9.55 Å². The van der Waals surface area contributed by atoms with Crippen LogP contribution in [0.2, 0.25) is 0 Å². The van der Waals surface area contributed by atoms with E-state index < -0.39 is 0 Å². The zero-order valence-electron chi connectivity index (χ0n) is 17.7. The fourth-order valence-corrected chi connectivity index (χ4v) is 4.10. The fourth-order valence-electron chi connectivity index (χ4n) is 4.10. The Labute approximate surface area is 167 Å². The van der Waals surface area contributed by atoms with E-state index in [2.05, 4.69) is 47.7 Å². The zero-order chi connectivity index (χ0) is 19.2. The van der Waals surface area contributed by atoms with Gasteiger partial charge in [-0.3, -0.25) is 0 Å². The third kappa shape index (κ3) is 7.91. The molecule has 0 unspecified atom stereocenters. The lowest BCUT2D eigenvalue weighted by atomic mass is 9.89. The van der Waals surface area contributed by atoms with Crippen LogP contribution in [0.5, 0.6) is 0 Å². The van der Waals surface area contributed by atoms with E-state index >= 15 is 0 Å². The van der Waals surface area contributed by atoms with Crippen LogP contribution in [0.25, 0.3) is 5.69 Å². The average molecular weight is 369 g/mol. The van der Waals surface area contributed by atoms with Crippen LogP contribution in [0.4, 0.5) is 0 Å². The fraction of sp³-hybridized carbons (Fsp3) is 0.640. The van der Waals surface area contributed by atoms with Gasteiger partial charge in [0.25, 0.3) is 0 Å². The summed E-state index contributed by atoms with van der Waals surface area (Å²) in [6.07, 6.45) is 23.9. The number of hydrogen-bond donors (Lipinski definition) is 0. The van der Waals surface area contributed by atoms with E-state index in [0.717, 1.165) is 0 Å². The van der Waals surface area contributed by atoms with Gasteiger partial charge in [-0.2, -0.15) is 0 Å². The van der Waals surface area contributed by atoms with Gasteiger partial charge in [0.15, 0.2) is 0 Å². The van der Waals surface area contributed by atoms with Crippen molar-refractivity contribution in [1.29, 1.82) is 0 Å². The summed E-state index contributed by atoms with van der Waals surface area (Å²) < 4.78 is 2.15. The monoisotopic (exact) mass is 368 g/mol. The Balaban J connectivity index is 1.65.